The smallest absolute Gasteiger partial charge is 0.410 e. The molecule has 1 aliphatic heterocycles. The van der Waals surface area contributed by atoms with Crippen molar-refractivity contribution in [1.29, 1.82) is 0 Å². The molecule has 6 heteroatoms. The van der Waals surface area contributed by atoms with Gasteiger partial charge >= 0.3 is 12.1 Å². The SMILES string of the molecule is CC(C)CC(NCC1CCCN(C(=O)OC(C)(C)C)C1)C(=O)O. The van der Waals surface area contributed by atoms with Gasteiger partial charge in [-0.2, -0.15) is 0 Å². The highest BCUT2D eigenvalue weighted by atomic mass is 16.6. The van der Waals surface area contributed by atoms with Crippen molar-refractivity contribution < 1.29 is 19.4 Å². The molecule has 0 aromatic heterocycles. The highest BCUT2D eigenvalue weighted by Crippen LogP contribution is 2.19. The van der Waals surface area contributed by atoms with Gasteiger partial charge in [0.15, 0.2) is 0 Å². The highest BCUT2D eigenvalue weighted by Gasteiger charge is 2.28. The van der Waals surface area contributed by atoms with Crippen LogP contribution in [0.15, 0.2) is 0 Å². The third-order valence-corrected chi connectivity index (χ3v) is 3.83. The first kappa shape index (κ1) is 19.7. The molecular weight excluding hydrogens is 296 g/mol. The van der Waals surface area contributed by atoms with Crippen molar-refractivity contribution in [3.63, 3.8) is 0 Å². The van der Waals surface area contributed by atoms with Gasteiger partial charge in [-0.3, -0.25) is 4.79 Å². The lowest BCUT2D eigenvalue weighted by molar-refractivity contribution is -0.140. The Balaban J connectivity index is 2.48. The quantitative estimate of drug-likeness (QED) is 0.784. The highest BCUT2D eigenvalue weighted by molar-refractivity contribution is 5.73. The first-order chi connectivity index (χ1) is 10.6. The number of carbonyl (C=O) groups is 2. The second-order valence-corrected chi connectivity index (χ2v) is 7.86. The molecule has 1 fully saturated rings. The number of nitrogens with zero attached hydrogens (tertiary/aromatic N) is 1. The van der Waals surface area contributed by atoms with Gasteiger partial charge in [-0.15, -0.1) is 0 Å². The van der Waals surface area contributed by atoms with Crippen LogP contribution in [0.25, 0.3) is 0 Å². The summed E-state index contributed by atoms with van der Waals surface area (Å²) < 4.78 is 5.41. The van der Waals surface area contributed by atoms with Gasteiger partial charge in [0.05, 0.1) is 0 Å². The van der Waals surface area contributed by atoms with Crippen LogP contribution < -0.4 is 5.32 Å². The number of nitrogens with one attached hydrogen (secondary N) is 1. The normalized spacial score (nSPS) is 20.4. The van der Waals surface area contributed by atoms with E-state index in [0.717, 1.165) is 12.8 Å². The van der Waals surface area contributed by atoms with Gasteiger partial charge in [0.2, 0.25) is 0 Å². The molecule has 2 atom stereocenters. The second kappa shape index (κ2) is 8.52. The molecule has 0 aromatic carbocycles. The molecule has 134 valence electrons. The van der Waals surface area contributed by atoms with Gasteiger partial charge < -0.3 is 20.1 Å². The fourth-order valence-electron chi connectivity index (χ4n) is 2.78. The number of likely N-dealkylation sites (tertiary alicyclic amines) is 1. The third kappa shape index (κ3) is 7.68. The van der Waals surface area contributed by atoms with Gasteiger partial charge in [-0.25, -0.2) is 4.79 Å². The number of ether oxygens (including phenoxy) is 1. The summed E-state index contributed by atoms with van der Waals surface area (Å²) in [6, 6.07) is -0.521. The maximum Gasteiger partial charge on any atom is 0.410 e. The molecule has 0 aromatic rings. The monoisotopic (exact) mass is 328 g/mol. The summed E-state index contributed by atoms with van der Waals surface area (Å²) in [6.07, 6.45) is 2.25. The summed E-state index contributed by atoms with van der Waals surface area (Å²) in [5, 5.41) is 12.4. The molecule has 1 saturated heterocycles. The van der Waals surface area contributed by atoms with E-state index in [2.05, 4.69) is 5.32 Å². The summed E-state index contributed by atoms with van der Waals surface area (Å²) in [5.41, 5.74) is -0.492. The van der Waals surface area contributed by atoms with E-state index in [1.165, 1.54) is 0 Å². The first-order valence-electron chi connectivity index (χ1n) is 8.52. The topological polar surface area (TPSA) is 78.9 Å². The van der Waals surface area contributed by atoms with Crippen LogP contribution in [0.2, 0.25) is 0 Å². The Labute approximate surface area is 139 Å². The molecule has 0 saturated carbocycles. The largest absolute Gasteiger partial charge is 0.480 e. The van der Waals surface area contributed by atoms with Gasteiger partial charge in [0.25, 0.3) is 0 Å². The summed E-state index contributed by atoms with van der Waals surface area (Å²) >= 11 is 0. The van der Waals surface area contributed by atoms with E-state index in [0.29, 0.717) is 32.0 Å². The van der Waals surface area contributed by atoms with Gasteiger partial charge in [0.1, 0.15) is 11.6 Å². The fourth-order valence-corrected chi connectivity index (χ4v) is 2.78. The molecule has 1 heterocycles. The first-order valence-corrected chi connectivity index (χ1v) is 8.52. The number of hydrogen-bond acceptors (Lipinski definition) is 4. The summed E-state index contributed by atoms with van der Waals surface area (Å²) in [7, 11) is 0. The Morgan fingerprint density at radius 3 is 2.52 bits per heavy atom. The van der Waals surface area contributed by atoms with Crippen LogP contribution in [0.5, 0.6) is 0 Å². The van der Waals surface area contributed by atoms with E-state index in [9.17, 15) is 14.7 Å². The Kier molecular flexibility index (Phi) is 7.32. The van der Waals surface area contributed by atoms with E-state index in [-0.39, 0.29) is 12.0 Å². The van der Waals surface area contributed by atoms with Crippen molar-refractivity contribution in [3.05, 3.63) is 0 Å². The van der Waals surface area contributed by atoms with Crippen molar-refractivity contribution in [2.24, 2.45) is 11.8 Å². The van der Waals surface area contributed by atoms with E-state index in [4.69, 9.17) is 4.74 Å². The minimum absolute atomic E-state index is 0.269. The minimum atomic E-state index is -0.807. The van der Waals surface area contributed by atoms with E-state index >= 15 is 0 Å². The van der Waals surface area contributed by atoms with Crippen LogP contribution in [0.3, 0.4) is 0 Å². The Bertz CT molecular complexity index is 404. The number of carboxylic acid groups (broad SMARTS) is 1. The summed E-state index contributed by atoms with van der Waals surface area (Å²) in [6.45, 7) is 11.6. The molecule has 1 aliphatic rings. The molecular formula is C17H32N2O4. The van der Waals surface area contributed by atoms with Crippen molar-refractivity contribution in [3.8, 4) is 0 Å². The average Bonchev–Trinajstić information content (AvgIpc) is 2.41. The van der Waals surface area contributed by atoms with Crippen LogP contribution in [0.4, 0.5) is 4.79 Å². The molecule has 0 radical (unpaired) electrons. The number of carboxylic acids is 1. The van der Waals surface area contributed by atoms with E-state index in [1.54, 1.807) is 4.90 Å². The van der Waals surface area contributed by atoms with Gasteiger partial charge in [0, 0.05) is 19.6 Å². The number of hydrogen-bond donors (Lipinski definition) is 2. The molecule has 2 N–H and O–H groups in total. The Hall–Kier alpha value is -1.30. The summed E-state index contributed by atoms with van der Waals surface area (Å²) in [5.74, 6) is -0.211. The molecule has 0 aliphatic carbocycles. The van der Waals surface area contributed by atoms with Crippen molar-refractivity contribution in [2.75, 3.05) is 19.6 Å². The van der Waals surface area contributed by atoms with Crippen LogP contribution in [0, 0.1) is 11.8 Å². The van der Waals surface area contributed by atoms with Crippen LogP contribution >= 0.6 is 0 Å². The lowest BCUT2D eigenvalue weighted by Gasteiger charge is -2.34. The lowest BCUT2D eigenvalue weighted by atomic mass is 9.97. The number of rotatable bonds is 6. The van der Waals surface area contributed by atoms with Crippen LogP contribution in [0.1, 0.15) is 53.9 Å². The van der Waals surface area contributed by atoms with Gasteiger partial charge in [-0.1, -0.05) is 13.8 Å². The van der Waals surface area contributed by atoms with Crippen LogP contribution in [-0.4, -0.2) is 53.3 Å². The molecule has 1 amide bonds. The standard InChI is InChI=1S/C17H32N2O4/c1-12(2)9-14(15(20)21)18-10-13-7-6-8-19(11-13)16(22)23-17(3,4)5/h12-14,18H,6-11H2,1-5H3,(H,20,21). The summed E-state index contributed by atoms with van der Waals surface area (Å²) in [4.78, 5) is 25.2. The fraction of sp³-hybridized carbons (Fsp3) is 0.882. The molecule has 23 heavy (non-hydrogen) atoms. The lowest BCUT2D eigenvalue weighted by Crippen LogP contribution is -2.47. The number of amides is 1. The third-order valence-electron chi connectivity index (χ3n) is 3.83. The maximum atomic E-state index is 12.1. The Morgan fingerprint density at radius 1 is 1.35 bits per heavy atom. The Morgan fingerprint density at radius 2 is 2.00 bits per heavy atom. The minimum Gasteiger partial charge on any atom is -0.480 e. The average molecular weight is 328 g/mol. The van der Waals surface area contributed by atoms with E-state index < -0.39 is 17.6 Å². The number of carbonyl (C=O) groups excluding carboxylic acids is 1. The zero-order valence-corrected chi connectivity index (χ0v) is 15.1. The van der Waals surface area contributed by atoms with Crippen molar-refractivity contribution in [2.45, 2.75) is 65.5 Å². The number of piperidine rings is 1. The van der Waals surface area contributed by atoms with E-state index in [1.807, 2.05) is 34.6 Å². The van der Waals surface area contributed by atoms with Gasteiger partial charge in [-0.05, 0) is 51.9 Å². The predicted octanol–water partition coefficient (Wildman–Crippen LogP) is 2.72. The zero-order valence-electron chi connectivity index (χ0n) is 15.1. The van der Waals surface area contributed by atoms with Crippen LogP contribution in [-0.2, 0) is 9.53 Å². The van der Waals surface area contributed by atoms with Crippen molar-refractivity contribution >= 4 is 12.1 Å². The molecule has 1 rings (SSSR count). The zero-order chi connectivity index (χ0) is 17.6. The molecule has 2 unspecified atom stereocenters. The molecule has 0 bridgehead atoms. The predicted molar refractivity (Wildman–Crippen MR) is 89.4 cm³/mol. The number of aliphatic carboxylic acids is 1. The molecule has 6 nitrogen and oxygen atoms in total. The van der Waals surface area contributed by atoms with Crippen molar-refractivity contribution in [1.82, 2.24) is 10.2 Å². The second-order valence-electron chi connectivity index (χ2n) is 7.86. The maximum absolute atomic E-state index is 12.1. The molecule has 0 spiro atoms.